The largest absolute Gasteiger partial charge is 0.444 e. The predicted octanol–water partition coefficient (Wildman–Crippen LogP) is 3.34. The highest BCUT2D eigenvalue weighted by Gasteiger charge is 2.55. The zero-order valence-electron chi connectivity index (χ0n) is 14.5. The number of halogens is 3. The van der Waals surface area contributed by atoms with Crippen LogP contribution in [0.1, 0.15) is 26.3 Å². The predicted molar refractivity (Wildman–Crippen MR) is 88.3 cm³/mol. The number of carbonyl (C=O) groups excluding carboxylic acids is 1. The van der Waals surface area contributed by atoms with E-state index in [4.69, 9.17) is 10.5 Å². The molecule has 2 aliphatic heterocycles. The third-order valence-electron chi connectivity index (χ3n) is 4.42. The zero-order chi connectivity index (χ0) is 18.6. The standard InChI is InChI=1S/C17H22F3N3O2/c1-15(2,3)25-14(24)23-9-16(10-23)7-22(8-16)13-5-4-11(21)6-12(13)17(18,19)20/h4-6H,7-10,21H2,1-3H3. The highest BCUT2D eigenvalue weighted by Crippen LogP contribution is 2.46. The Labute approximate surface area is 144 Å². The summed E-state index contributed by atoms with van der Waals surface area (Å²) in [7, 11) is 0. The Balaban J connectivity index is 1.62. The summed E-state index contributed by atoms with van der Waals surface area (Å²) in [5.41, 5.74) is 4.32. The molecule has 1 aromatic rings. The summed E-state index contributed by atoms with van der Waals surface area (Å²) in [4.78, 5) is 15.3. The van der Waals surface area contributed by atoms with Gasteiger partial charge in [-0.2, -0.15) is 13.2 Å². The van der Waals surface area contributed by atoms with E-state index in [0.717, 1.165) is 6.07 Å². The van der Waals surface area contributed by atoms with Gasteiger partial charge in [-0.1, -0.05) is 0 Å². The fourth-order valence-corrected chi connectivity index (χ4v) is 3.41. The van der Waals surface area contributed by atoms with E-state index < -0.39 is 17.3 Å². The number of alkyl halides is 3. The van der Waals surface area contributed by atoms with Crippen LogP contribution in [0.3, 0.4) is 0 Å². The number of benzene rings is 1. The third-order valence-corrected chi connectivity index (χ3v) is 4.42. The molecule has 2 saturated heterocycles. The van der Waals surface area contributed by atoms with Gasteiger partial charge in [0, 0.05) is 43.0 Å². The van der Waals surface area contributed by atoms with Crippen LogP contribution in [0, 0.1) is 5.41 Å². The summed E-state index contributed by atoms with van der Waals surface area (Å²) in [6.07, 6.45) is -4.82. The quantitative estimate of drug-likeness (QED) is 0.783. The van der Waals surface area contributed by atoms with Crippen LogP contribution in [-0.2, 0) is 10.9 Å². The number of anilines is 2. The average molecular weight is 357 g/mol. The van der Waals surface area contributed by atoms with Crippen molar-refractivity contribution >= 4 is 17.5 Å². The van der Waals surface area contributed by atoms with Crippen molar-refractivity contribution in [2.45, 2.75) is 32.5 Å². The molecule has 0 saturated carbocycles. The number of ether oxygens (including phenoxy) is 1. The number of nitrogen functional groups attached to an aromatic ring is 1. The third kappa shape index (κ3) is 3.48. The first kappa shape index (κ1) is 17.7. The van der Waals surface area contributed by atoms with E-state index in [0.29, 0.717) is 26.2 Å². The molecule has 25 heavy (non-hydrogen) atoms. The van der Waals surface area contributed by atoms with Crippen molar-refractivity contribution in [3.05, 3.63) is 23.8 Å². The van der Waals surface area contributed by atoms with E-state index in [1.165, 1.54) is 12.1 Å². The topological polar surface area (TPSA) is 58.8 Å². The van der Waals surface area contributed by atoms with Crippen molar-refractivity contribution in [3.8, 4) is 0 Å². The smallest absolute Gasteiger partial charge is 0.418 e. The van der Waals surface area contributed by atoms with E-state index in [1.54, 1.807) is 30.6 Å². The van der Waals surface area contributed by atoms with Gasteiger partial charge in [0.1, 0.15) is 5.60 Å². The number of hydrogen-bond donors (Lipinski definition) is 1. The number of likely N-dealkylation sites (tertiary alicyclic amines) is 1. The molecule has 138 valence electrons. The summed E-state index contributed by atoms with van der Waals surface area (Å²) < 4.78 is 44.9. The normalized spacial score (nSPS) is 19.4. The SMILES string of the molecule is CC(C)(C)OC(=O)N1CC2(C1)CN(c1ccc(N)cc1C(F)(F)F)C2. The minimum atomic E-state index is -4.45. The first-order valence-electron chi connectivity index (χ1n) is 8.08. The van der Waals surface area contributed by atoms with Gasteiger partial charge in [-0.25, -0.2) is 4.79 Å². The van der Waals surface area contributed by atoms with E-state index in [2.05, 4.69) is 0 Å². The Morgan fingerprint density at radius 1 is 1.16 bits per heavy atom. The van der Waals surface area contributed by atoms with Crippen LogP contribution < -0.4 is 10.6 Å². The number of carbonyl (C=O) groups is 1. The lowest BCUT2D eigenvalue weighted by molar-refractivity contribution is -0.137. The molecular weight excluding hydrogens is 335 g/mol. The van der Waals surface area contributed by atoms with Crippen molar-refractivity contribution in [1.29, 1.82) is 0 Å². The zero-order valence-corrected chi connectivity index (χ0v) is 14.5. The molecule has 3 rings (SSSR count). The van der Waals surface area contributed by atoms with Crippen LogP contribution in [0.4, 0.5) is 29.3 Å². The molecule has 0 aromatic heterocycles. The molecule has 0 atom stereocenters. The van der Waals surface area contributed by atoms with Gasteiger partial charge in [0.15, 0.2) is 0 Å². The minimum absolute atomic E-state index is 0.0889. The van der Waals surface area contributed by atoms with Crippen LogP contribution in [0.2, 0.25) is 0 Å². The second-order valence-corrected chi connectivity index (χ2v) is 7.97. The lowest BCUT2D eigenvalue weighted by Crippen LogP contribution is -2.73. The molecule has 8 heteroatoms. The number of hydrogen-bond acceptors (Lipinski definition) is 4. The highest BCUT2D eigenvalue weighted by atomic mass is 19.4. The molecule has 2 fully saturated rings. The van der Waals surface area contributed by atoms with E-state index in [-0.39, 0.29) is 22.9 Å². The lowest BCUT2D eigenvalue weighted by atomic mass is 9.72. The molecule has 1 amide bonds. The number of nitrogens with two attached hydrogens (primary N) is 1. The fraction of sp³-hybridized carbons (Fsp3) is 0.588. The van der Waals surface area contributed by atoms with Gasteiger partial charge in [-0.3, -0.25) is 0 Å². The van der Waals surface area contributed by atoms with Crippen molar-refractivity contribution < 1.29 is 22.7 Å². The summed E-state index contributed by atoms with van der Waals surface area (Å²) >= 11 is 0. The van der Waals surface area contributed by atoms with Crippen molar-refractivity contribution in [2.24, 2.45) is 5.41 Å². The molecule has 1 spiro atoms. The van der Waals surface area contributed by atoms with Crippen molar-refractivity contribution in [1.82, 2.24) is 4.90 Å². The van der Waals surface area contributed by atoms with Gasteiger partial charge in [-0.05, 0) is 39.0 Å². The van der Waals surface area contributed by atoms with Crippen molar-refractivity contribution in [3.63, 3.8) is 0 Å². The summed E-state index contributed by atoms with van der Waals surface area (Å²) in [5, 5.41) is 0. The van der Waals surface area contributed by atoms with Gasteiger partial charge >= 0.3 is 12.3 Å². The molecule has 0 bridgehead atoms. The summed E-state index contributed by atoms with van der Waals surface area (Å²) in [5.74, 6) is 0. The van der Waals surface area contributed by atoms with Gasteiger partial charge in [0.2, 0.25) is 0 Å². The second-order valence-electron chi connectivity index (χ2n) is 7.97. The Hall–Kier alpha value is -2.12. The van der Waals surface area contributed by atoms with Gasteiger partial charge in [0.05, 0.1) is 5.56 Å². The van der Waals surface area contributed by atoms with Crippen LogP contribution in [0.25, 0.3) is 0 Å². The van der Waals surface area contributed by atoms with Crippen LogP contribution in [0.15, 0.2) is 18.2 Å². The number of amides is 1. The average Bonchev–Trinajstić information content (AvgIpc) is 2.33. The molecule has 0 unspecified atom stereocenters. The Kier molecular flexibility index (Phi) is 3.85. The Bertz CT molecular complexity index is 683. The number of nitrogens with zero attached hydrogens (tertiary/aromatic N) is 2. The summed E-state index contributed by atoms with van der Waals surface area (Å²) in [6.45, 7) is 7.38. The van der Waals surface area contributed by atoms with E-state index in [9.17, 15) is 18.0 Å². The fourth-order valence-electron chi connectivity index (χ4n) is 3.41. The first-order chi connectivity index (χ1) is 11.4. The van der Waals surface area contributed by atoms with E-state index >= 15 is 0 Å². The molecule has 5 nitrogen and oxygen atoms in total. The molecule has 0 aliphatic carbocycles. The summed E-state index contributed by atoms with van der Waals surface area (Å²) in [6, 6.07) is 3.85. The van der Waals surface area contributed by atoms with Gasteiger partial charge in [-0.15, -0.1) is 0 Å². The minimum Gasteiger partial charge on any atom is -0.444 e. The maximum atomic E-state index is 13.2. The molecule has 1 aromatic carbocycles. The molecule has 0 radical (unpaired) electrons. The van der Waals surface area contributed by atoms with Crippen LogP contribution >= 0.6 is 0 Å². The monoisotopic (exact) mass is 357 g/mol. The molecule has 2 heterocycles. The van der Waals surface area contributed by atoms with Crippen LogP contribution in [-0.4, -0.2) is 42.8 Å². The van der Waals surface area contributed by atoms with E-state index in [1.807, 2.05) is 0 Å². The first-order valence-corrected chi connectivity index (χ1v) is 8.08. The lowest BCUT2D eigenvalue weighted by Gasteiger charge is -2.60. The maximum Gasteiger partial charge on any atom is 0.418 e. The van der Waals surface area contributed by atoms with Gasteiger partial charge in [0.25, 0.3) is 0 Å². The number of rotatable bonds is 1. The molecular formula is C17H22F3N3O2. The van der Waals surface area contributed by atoms with Crippen molar-refractivity contribution in [2.75, 3.05) is 36.8 Å². The Morgan fingerprint density at radius 2 is 1.76 bits per heavy atom. The highest BCUT2D eigenvalue weighted by molar-refractivity contribution is 5.70. The Morgan fingerprint density at radius 3 is 2.28 bits per heavy atom. The maximum absolute atomic E-state index is 13.2. The van der Waals surface area contributed by atoms with Crippen LogP contribution in [0.5, 0.6) is 0 Å². The second kappa shape index (κ2) is 5.44. The molecule has 2 aliphatic rings. The molecule has 2 N–H and O–H groups in total. The van der Waals surface area contributed by atoms with Gasteiger partial charge < -0.3 is 20.3 Å².